The summed E-state index contributed by atoms with van der Waals surface area (Å²) in [5.41, 5.74) is 5.37. The van der Waals surface area contributed by atoms with Crippen molar-refractivity contribution in [2.45, 2.75) is 58.3 Å². The number of hydrogen-bond donors (Lipinski definition) is 2. The molecule has 2 aromatic heterocycles. The van der Waals surface area contributed by atoms with Crippen LogP contribution in [0.25, 0.3) is 10.9 Å². The Bertz CT molecular complexity index is 1130. The maximum Gasteiger partial charge on any atom is 0.123 e. The number of fused-ring (bicyclic) bond motifs is 1. The minimum Gasteiger partial charge on any atom is -0.507 e. The molecule has 0 aliphatic carbocycles. The first-order valence-electron chi connectivity index (χ1n) is 10.5. The van der Waals surface area contributed by atoms with E-state index in [2.05, 4.69) is 107 Å². The van der Waals surface area contributed by atoms with Gasteiger partial charge in [0, 0.05) is 27.9 Å². The van der Waals surface area contributed by atoms with E-state index in [0.717, 1.165) is 16.6 Å². The standard InChI is InChI=1S/C27H31NOS/c1-26(2,3)20-14-17(15-21(25(20)29)27(4,5)6)24(23-12-9-13-30-23)19-16-28-22-11-8-7-10-18(19)22/h7-16,24,28-29H,1-6H3/t24-/m0/s1. The van der Waals surface area contributed by atoms with E-state index >= 15 is 0 Å². The van der Waals surface area contributed by atoms with Gasteiger partial charge in [-0.1, -0.05) is 77.9 Å². The zero-order chi connectivity index (χ0) is 21.7. The van der Waals surface area contributed by atoms with Crippen LogP contribution in [0.1, 0.15) is 74.6 Å². The van der Waals surface area contributed by atoms with Gasteiger partial charge in [-0.15, -0.1) is 11.3 Å². The predicted octanol–water partition coefficient (Wildman–Crippen LogP) is 7.71. The maximum absolute atomic E-state index is 11.2. The van der Waals surface area contributed by atoms with E-state index in [1.54, 1.807) is 11.3 Å². The van der Waals surface area contributed by atoms with Gasteiger partial charge >= 0.3 is 0 Å². The van der Waals surface area contributed by atoms with Gasteiger partial charge in [0.05, 0.1) is 0 Å². The highest BCUT2D eigenvalue weighted by atomic mass is 32.1. The van der Waals surface area contributed by atoms with E-state index in [9.17, 15) is 5.11 Å². The van der Waals surface area contributed by atoms with Crippen molar-refractivity contribution in [2.24, 2.45) is 0 Å². The Morgan fingerprint density at radius 2 is 1.50 bits per heavy atom. The number of aromatic amines is 1. The molecule has 0 aliphatic rings. The van der Waals surface area contributed by atoms with Crippen LogP contribution >= 0.6 is 11.3 Å². The van der Waals surface area contributed by atoms with Gasteiger partial charge in [-0.25, -0.2) is 0 Å². The van der Waals surface area contributed by atoms with Crippen molar-refractivity contribution in [1.29, 1.82) is 0 Å². The molecule has 30 heavy (non-hydrogen) atoms. The molecule has 0 saturated heterocycles. The summed E-state index contributed by atoms with van der Waals surface area (Å²) in [4.78, 5) is 4.77. The molecule has 1 atom stereocenters. The molecule has 0 radical (unpaired) electrons. The zero-order valence-electron chi connectivity index (χ0n) is 18.7. The van der Waals surface area contributed by atoms with E-state index < -0.39 is 0 Å². The van der Waals surface area contributed by atoms with Crippen molar-refractivity contribution < 1.29 is 5.11 Å². The Morgan fingerprint density at radius 3 is 2.07 bits per heavy atom. The van der Waals surface area contributed by atoms with Crippen LogP contribution < -0.4 is 0 Å². The molecule has 4 aromatic rings. The van der Waals surface area contributed by atoms with Crippen LogP contribution in [-0.2, 0) is 10.8 Å². The third-order valence-corrected chi connectivity index (χ3v) is 6.78. The Balaban J connectivity index is 2.03. The number of aromatic hydroxyl groups is 1. The normalized spacial score (nSPS) is 13.7. The second-order valence-electron chi connectivity index (χ2n) is 10.2. The van der Waals surface area contributed by atoms with Crippen LogP contribution in [0.4, 0.5) is 0 Å². The molecule has 0 fully saturated rings. The first-order chi connectivity index (χ1) is 14.1. The van der Waals surface area contributed by atoms with Crippen LogP contribution in [-0.4, -0.2) is 10.1 Å². The highest BCUT2D eigenvalue weighted by Crippen LogP contribution is 2.45. The van der Waals surface area contributed by atoms with Crippen LogP contribution in [0.3, 0.4) is 0 Å². The van der Waals surface area contributed by atoms with Crippen molar-refractivity contribution in [3.05, 3.63) is 87.2 Å². The second kappa shape index (κ2) is 7.31. The molecule has 156 valence electrons. The number of thiophene rings is 1. The number of hydrogen-bond acceptors (Lipinski definition) is 2. The number of rotatable bonds is 3. The van der Waals surface area contributed by atoms with E-state index in [-0.39, 0.29) is 16.7 Å². The average molecular weight is 418 g/mol. The van der Waals surface area contributed by atoms with Crippen LogP contribution in [0.2, 0.25) is 0 Å². The molecule has 0 unspecified atom stereocenters. The van der Waals surface area contributed by atoms with Crippen molar-refractivity contribution in [2.75, 3.05) is 0 Å². The van der Waals surface area contributed by atoms with E-state index in [4.69, 9.17) is 0 Å². The highest BCUT2D eigenvalue weighted by molar-refractivity contribution is 7.10. The number of H-pyrrole nitrogens is 1. The lowest BCUT2D eigenvalue weighted by atomic mass is 9.76. The van der Waals surface area contributed by atoms with E-state index in [0.29, 0.717) is 5.75 Å². The lowest BCUT2D eigenvalue weighted by Gasteiger charge is -2.30. The largest absolute Gasteiger partial charge is 0.507 e. The molecule has 2 heterocycles. The number of phenols is 1. The Hall–Kier alpha value is -2.52. The maximum atomic E-state index is 11.2. The molecule has 2 nitrogen and oxygen atoms in total. The van der Waals surface area contributed by atoms with Gasteiger partial charge in [-0.2, -0.15) is 0 Å². The molecule has 2 aromatic carbocycles. The van der Waals surface area contributed by atoms with Gasteiger partial charge in [0.15, 0.2) is 0 Å². The summed E-state index contributed by atoms with van der Waals surface area (Å²) in [5, 5.41) is 14.6. The summed E-state index contributed by atoms with van der Waals surface area (Å²) < 4.78 is 0. The van der Waals surface area contributed by atoms with Crippen molar-refractivity contribution in [1.82, 2.24) is 4.98 Å². The summed E-state index contributed by atoms with van der Waals surface area (Å²) in [5.74, 6) is 0.548. The van der Waals surface area contributed by atoms with Crippen LogP contribution in [0, 0.1) is 0 Å². The number of phenolic OH excluding ortho intramolecular Hbond substituents is 1. The Morgan fingerprint density at radius 1 is 0.867 bits per heavy atom. The van der Waals surface area contributed by atoms with Crippen molar-refractivity contribution >= 4 is 22.2 Å². The first kappa shape index (κ1) is 20.7. The van der Waals surface area contributed by atoms with Crippen LogP contribution in [0.15, 0.2) is 60.1 Å². The lowest BCUT2D eigenvalue weighted by Crippen LogP contribution is -2.18. The smallest absolute Gasteiger partial charge is 0.123 e. The quantitative estimate of drug-likeness (QED) is 0.352. The summed E-state index contributed by atoms with van der Waals surface area (Å²) in [6.45, 7) is 13.0. The minimum atomic E-state index is -0.152. The first-order valence-corrected chi connectivity index (χ1v) is 11.4. The number of aromatic nitrogens is 1. The zero-order valence-corrected chi connectivity index (χ0v) is 19.5. The number of nitrogens with one attached hydrogen (secondary N) is 1. The molecular formula is C27H31NOS. The monoisotopic (exact) mass is 417 g/mol. The molecule has 0 bridgehead atoms. The van der Waals surface area contributed by atoms with Gasteiger partial charge in [0.1, 0.15) is 5.75 Å². The van der Waals surface area contributed by atoms with Gasteiger partial charge in [-0.05, 0) is 50.6 Å². The summed E-state index contributed by atoms with van der Waals surface area (Å²) >= 11 is 1.79. The summed E-state index contributed by atoms with van der Waals surface area (Å²) in [6, 6.07) is 17.3. The fourth-order valence-corrected chi connectivity index (χ4v) is 5.12. The molecule has 2 N–H and O–H groups in total. The van der Waals surface area contributed by atoms with E-state index in [1.807, 2.05) is 0 Å². The van der Waals surface area contributed by atoms with Gasteiger partial charge < -0.3 is 10.1 Å². The number of benzene rings is 2. The van der Waals surface area contributed by atoms with Crippen molar-refractivity contribution in [3.8, 4) is 5.75 Å². The summed E-state index contributed by atoms with van der Waals surface area (Å²) in [6.07, 6.45) is 2.15. The van der Waals surface area contributed by atoms with Gasteiger partial charge in [0.25, 0.3) is 0 Å². The van der Waals surface area contributed by atoms with Gasteiger partial charge in [-0.3, -0.25) is 0 Å². The predicted molar refractivity (Wildman–Crippen MR) is 129 cm³/mol. The fraction of sp³-hybridized carbons (Fsp3) is 0.333. The SMILES string of the molecule is CC(C)(C)c1cc([C@H](c2cccs2)c2c[nH]c3ccccc23)cc(C(C)(C)C)c1O. The highest BCUT2D eigenvalue weighted by Gasteiger charge is 2.30. The molecule has 3 heteroatoms. The van der Waals surface area contributed by atoms with Crippen molar-refractivity contribution in [3.63, 3.8) is 0 Å². The fourth-order valence-electron chi connectivity index (χ4n) is 4.25. The third-order valence-electron chi connectivity index (χ3n) is 5.84. The molecule has 0 spiro atoms. The van der Waals surface area contributed by atoms with E-state index in [1.165, 1.54) is 21.4 Å². The molecule has 0 amide bonds. The Kier molecular flexibility index (Phi) is 5.06. The van der Waals surface area contributed by atoms with Crippen LogP contribution in [0.5, 0.6) is 5.75 Å². The molecule has 4 rings (SSSR count). The van der Waals surface area contributed by atoms with Gasteiger partial charge in [0.2, 0.25) is 0 Å². The topological polar surface area (TPSA) is 36.0 Å². The number of para-hydroxylation sites is 1. The molecule has 0 aliphatic heterocycles. The third kappa shape index (κ3) is 3.67. The molecular weight excluding hydrogens is 386 g/mol. The second-order valence-corrected chi connectivity index (χ2v) is 11.2. The molecule has 0 saturated carbocycles. The lowest BCUT2D eigenvalue weighted by molar-refractivity contribution is 0.422. The summed E-state index contributed by atoms with van der Waals surface area (Å²) in [7, 11) is 0. The Labute approximate surface area is 183 Å². The average Bonchev–Trinajstić information content (AvgIpc) is 3.32. The minimum absolute atomic E-state index is 0.115.